The maximum Gasteiger partial charge on any atom is 0.261 e. The third kappa shape index (κ3) is 5.69. The average molecular weight is 463 g/mol. The molecule has 1 heterocycles. The smallest absolute Gasteiger partial charge is 0.261 e. The fourth-order valence-corrected chi connectivity index (χ4v) is 4.54. The van der Waals surface area contributed by atoms with Crippen molar-refractivity contribution in [3.63, 3.8) is 0 Å². The van der Waals surface area contributed by atoms with Crippen molar-refractivity contribution in [1.29, 1.82) is 0 Å². The molecular weight excluding hydrogens is 444 g/mol. The van der Waals surface area contributed by atoms with E-state index < -0.39 is 10.0 Å². The summed E-state index contributed by atoms with van der Waals surface area (Å²) in [6.07, 6.45) is 0.0949. The van der Waals surface area contributed by atoms with E-state index >= 15 is 0 Å². The predicted octanol–water partition coefficient (Wildman–Crippen LogP) is 5.11. The second-order valence-corrected chi connectivity index (χ2v) is 9.60. The van der Waals surface area contributed by atoms with E-state index in [-0.39, 0.29) is 29.4 Å². The van der Waals surface area contributed by atoms with Crippen LogP contribution in [0.25, 0.3) is 0 Å². The van der Waals surface area contributed by atoms with Crippen LogP contribution in [0.5, 0.6) is 0 Å². The maximum atomic E-state index is 12.7. The van der Waals surface area contributed by atoms with Crippen LogP contribution < -0.4 is 10.0 Å². The van der Waals surface area contributed by atoms with Crippen molar-refractivity contribution in [2.75, 3.05) is 10.0 Å². The highest BCUT2D eigenvalue weighted by Crippen LogP contribution is 2.23. The minimum Gasteiger partial charge on any atom is -0.326 e. The number of rotatable bonds is 8. The summed E-state index contributed by atoms with van der Waals surface area (Å²) in [5, 5.41) is 5.00. The van der Waals surface area contributed by atoms with Crippen LogP contribution in [0.4, 0.5) is 11.4 Å². The lowest BCUT2D eigenvalue weighted by molar-refractivity contribution is -0.116. The van der Waals surface area contributed by atoms with E-state index in [0.717, 1.165) is 0 Å². The van der Waals surface area contributed by atoms with Crippen molar-refractivity contribution in [3.8, 4) is 0 Å². The van der Waals surface area contributed by atoms with Gasteiger partial charge in [-0.3, -0.25) is 14.3 Å². The maximum absolute atomic E-state index is 12.7. The first kappa shape index (κ1) is 22.0. The summed E-state index contributed by atoms with van der Waals surface area (Å²) in [4.78, 5) is 24.9. The summed E-state index contributed by atoms with van der Waals surface area (Å²) < 4.78 is 27.8. The summed E-state index contributed by atoms with van der Waals surface area (Å²) in [7, 11) is -3.85. The zero-order valence-corrected chi connectivity index (χ0v) is 18.4. The summed E-state index contributed by atoms with van der Waals surface area (Å²) in [6.45, 7) is 1.76. The summed E-state index contributed by atoms with van der Waals surface area (Å²) in [6, 6.07) is 14.2. The van der Waals surface area contributed by atoms with Crippen LogP contribution in [0.15, 0.2) is 64.9 Å². The van der Waals surface area contributed by atoms with Crippen LogP contribution in [0.3, 0.4) is 0 Å². The number of amides is 1. The van der Waals surface area contributed by atoms with Gasteiger partial charge in [0.25, 0.3) is 10.0 Å². The van der Waals surface area contributed by atoms with Gasteiger partial charge in [-0.1, -0.05) is 23.7 Å². The molecule has 0 unspecified atom stereocenters. The average Bonchev–Trinajstić information content (AvgIpc) is 3.24. The molecule has 3 aromatic rings. The Bertz CT molecular complexity index is 1160. The van der Waals surface area contributed by atoms with E-state index in [1.165, 1.54) is 23.5 Å². The van der Waals surface area contributed by atoms with Gasteiger partial charge in [0.15, 0.2) is 5.78 Å². The largest absolute Gasteiger partial charge is 0.326 e. The van der Waals surface area contributed by atoms with Gasteiger partial charge >= 0.3 is 0 Å². The minimum atomic E-state index is -3.85. The lowest BCUT2D eigenvalue weighted by Gasteiger charge is -2.12. The molecule has 2 N–H and O–H groups in total. The Balaban J connectivity index is 1.68. The zero-order valence-electron chi connectivity index (χ0n) is 16.0. The van der Waals surface area contributed by atoms with Crippen molar-refractivity contribution in [3.05, 3.63) is 75.4 Å². The molecule has 0 aliphatic carbocycles. The minimum absolute atomic E-state index is 0.00742. The Hall–Kier alpha value is -2.68. The van der Waals surface area contributed by atoms with E-state index in [1.54, 1.807) is 54.8 Å². The molecule has 0 bridgehead atoms. The number of carbonyl (C=O) groups excluding carboxylic acids is 2. The van der Waals surface area contributed by atoms with E-state index in [2.05, 4.69) is 10.0 Å². The van der Waals surface area contributed by atoms with Crippen molar-refractivity contribution < 1.29 is 18.0 Å². The third-order valence-corrected chi connectivity index (χ3v) is 6.81. The first-order valence-corrected chi connectivity index (χ1v) is 11.7. The van der Waals surface area contributed by atoms with Crippen molar-refractivity contribution in [1.82, 2.24) is 0 Å². The predicted molar refractivity (Wildman–Crippen MR) is 120 cm³/mol. The lowest BCUT2D eigenvalue weighted by atomic mass is 10.1. The number of sulfonamides is 1. The lowest BCUT2D eigenvalue weighted by Crippen LogP contribution is -2.16. The van der Waals surface area contributed by atoms with Crippen molar-refractivity contribution in [2.45, 2.75) is 24.7 Å². The normalized spacial score (nSPS) is 11.1. The Labute approximate surface area is 183 Å². The Morgan fingerprint density at radius 2 is 1.77 bits per heavy atom. The molecule has 0 aliphatic heterocycles. The van der Waals surface area contributed by atoms with E-state index in [9.17, 15) is 18.0 Å². The Morgan fingerprint density at radius 3 is 2.43 bits per heavy atom. The van der Waals surface area contributed by atoms with Gasteiger partial charge in [-0.2, -0.15) is 0 Å². The third-order valence-electron chi connectivity index (χ3n) is 4.26. The highest BCUT2D eigenvalue weighted by Gasteiger charge is 2.17. The van der Waals surface area contributed by atoms with Gasteiger partial charge in [0.05, 0.1) is 9.77 Å². The van der Waals surface area contributed by atoms with Crippen LogP contribution in [-0.4, -0.2) is 20.1 Å². The number of anilines is 2. The van der Waals surface area contributed by atoms with Crippen molar-refractivity contribution >= 4 is 56.0 Å². The molecule has 156 valence electrons. The van der Waals surface area contributed by atoms with Gasteiger partial charge < -0.3 is 5.32 Å². The van der Waals surface area contributed by atoms with E-state index in [4.69, 9.17) is 11.6 Å². The topological polar surface area (TPSA) is 92.3 Å². The highest BCUT2D eigenvalue weighted by molar-refractivity contribution is 7.92. The van der Waals surface area contributed by atoms with Crippen LogP contribution in [0, 0.1) is 6.92 Å². The Kier molecular flexibility index (Phi) is 6.91. The number of halogens is 1. The molecule has 9 heteroatoms. The highest BCUT2D eigenvalue weighted by atomic mass is 35.5. The molecule has 0 radical (unpaired) electrons. The molecule has 30 heavy (non-hydrogen) atoms. The number of hydrogen-bond donors (Lipinski definition) is 2. The fraction of sp³-hybridized carbons (Fsp3) is 0.143. The fourth-order valence-electron chi connectivity index (χ4n) is 2.64. The number of aryl methyl sites for hydroxylation is 1. The molecule has 1 aromatic heterocycles. The first-order valence-electron chi connectivity index (χ1n) is 9.00. The number of ketones is 1. The molecule has 0 saturated heterocycles. The van der Waals surface area contributed by atoms with Gasteiger partial charge in [-0.25, -0.2) is 8.42 Å². The number of hydrogen-bond acceptors (Lipinski definition) is 5. The monoisotopic (exact) mass is 462 g/mol. The van der Waals surface area contributed by atoms with Crippen molar-refractivity contribution in [2.24, 2.45) is 0 Å². The number of carbonyl (C=O) groups is 2. The summed E-state index contributed by atoms with van der Waals surface area (Å²) >= 11 is 7.16. The zero-order chi connectivity index (χ0) is 21.7. The summed E-state index contributed by atoms with van der Waals surface area (Å²) in [5.41, 5.74) is 1.46. The number of Topliss-reactive ketones (excluding diaryl/α,β-unsaturated/α-hetero) is 1. The quantitative estimate of drug-likeness (QED) is 0.455. The van der Waals surface area contributed by atoms with Gasteiger partial charge in [-0.05, 0) is 60.3 Å². The van der Waals surface area contributed by atoms with Crippen LogP contribution >= 0.6 is 22.9 Å². The first-order chi connectivity index (χ1) is 14.2. The molecular formula is C21H19ClN2O4S2. The van der Waals surface area contributed by atoms with Crippen LogP contribution in [0.2, 0.25) is 5.02 Å². The molecule has 1 amide bonds. The molecule has 0 saturated carbocycles. The summed E-state index contributed by atoms with van der Waals surface area (Å²) in [5.74, 6) is -0.455. The molecule has 0 aliphatic rings. The number of benzene rings is 2. The second kappa shape index (κ2) is 9.42. The molecule has 2 aromatic carbocycles. The molecule has 3 rings (SSSR count). The molecule has 0 atom stereocenters. The number of nitrogens with one attached hydrogen (secondary N) is 2. The van der Waals surface area contributed by atoms with Gasteiger partial charge in [0, 0.05) is 29.2 Å². The molecule has 0 fully saturated rings. The molecule has 0 spiro atoms. The number of thiophene rings is 1. The van der Waals surface area contributed by atoms with E-state index in [0.29, 0.717) is 26.8 Å². The second-order valence-electron chi connectivity index (χ2n) is 6.54. The molecule has 6 nitrogen and oxygen atoms in total. The standard InChI is InChI=1S/C21H19ClN2O4S2/c1-14-4-9-17(30(27,28)24-16-7-5-15(22)6-8-16)13-18(14)23-21(26)11-10-19(25)20-3-2-12-29-20/h2-9,12-13,24H,10-11H2,1H3,(H,23,26). The van der Waals surface area contributed by atoms with Crippen LogP contribution in [0.1, 0.15) is 28.1 Å². The SMILES string of the molecule is Cc1ccc(S(=O)(=O)Nc2ccc(Cl)cc2)cc1NC(=O)CCC(=O)c1cccs1. The van der Waals surface area contributed by atoms with Crippen LogP contribution in [-0.2, 0) is 14.8 Å². The van der Waals surface area contributed by atoms with Gasteiger partial charge in [0.1, 0.15) is 0 Å². The van der Waals surface area contributed by atoms with E-state index in [1.807, 2.05) is 0 Å². The van der Waals surface area contributed by atoms with Gasteiger partial charge in [0.2, 0.25) is 5.91 Å². The van der Waals surface area contributed by atoms with Gasteiger partial charge in [-0.15, -0.1) is 11.3 Å². The Morgan fingerprint density at radius 1 is 1.03 bits per heavy atom.